The molecule has 0 saturated carbocycles. The van der Waals surface area contributed by atoms with Gasteiger partial charge in [0.15, 0.2) is 0 Å². The molecule has 1 aromatic heterocycles. The summed E-state index contributed by atoms with van der Waals surface area (Å²) in [7, 11) is 0. The number of pyridine rings is 1. The van der Waals surface area contributed by atoms with Gasteiger partial charge in [-0.05, 0) is 6.42 Å². The van der Waals surface area contributed by atoms with E-state index in [0.717, 1.165) is 6.20 Å². The fourth-order valence-corrected chi connectivity index (χ4v) is 1.81. The van der Waals surface area contributed by atoms with Crippen LogP contribution in [0.3, 0.4) is 0 Å². The van der Waals surface area contributed by atoms with E-state index >= 15 is 0 Å². The van der Waals surface area contributed by atoms with Crippen LogP contribution >= 0.6 is 0 Å². The van der Waals surface area contributed by atoms with Crippen molar-refractivity contribution in [2.75, 3.05) is 18.0 Å². The van der Waals surface area contributed by atoms with Crippen LogP contribution in [0, 0.1) is 21.4 Å². The molecule has 1 atom stereocenters. The summed E-state index contributed by atoms with van der Waals surface area (Å²) < 4.78 is 0. The Bertz CT molecular complexity index is 497. The molecule has 1 aliphatic rings. The number of rotatable bonds is 2. The minimum atomic E-state index is -0.587. The van der Waals surface area contributed by atoms with Crippen molar-refractivity contribution in [3.63, 3.8) is 0 Å². The van der Waals surface area contributed by atoms with E-state index in [4.69, 9.17) is 5.26 Å². The van der Waals surface area contributed by atoms with Crippen LogP contribution in [-0.2, 0) is 0 Å². The first kappa shape index (κ1) is 11.3. The van der Waals surface area contributed by atoms with Crippen molar-refractivity contribution in [1.82, 2.24) is 4.98 Å². The van der Waals surface area contributed by atoms with Crippen molar-refractivity contribution < 1.29 is 10.0 Å². The second-order valence-electron chi connectivity index (χ2n) is 3.82. The van der Waals surface area contributed by atoms with Gasteiger partial charge >= 0.3 is 0 Å². The van der Waals surface area contributed by atoms with E-state index in [1.807, 2.05) is 6.07 Å². The number of aliphatic hydroxyl groups excluding tert-OH is 1. The predicted molar refractivity (Wildman–Crippen MR) is 58.4 cm³/mol. The van der Waals surface area contributed by atoms with Crippen LogP contribution in [0.25, 0.3) is 0 Å². The zero-order valence-electron chi connectivity index (χ0n) is 8.91. The SMILES string of the molecule is N#Cc1cc([N+](=O)[O-])cnc1N1CCC(O)C1. The van der Waals surface area contributed by atoms with Gasteiger partial charge in [-0.25, -0.2) is 4.98 Å². The van der Waals surface area contributed by atoms with E-state index in [1.165, 1.54) is 6.07 Å². The van der Waals surface area contributed by atoms with Crippen molar-refractivity contribution in [2.24, 2.45) is 0 Å². The third-order valence-corrected chi connectivity index (χ3v) is 2.65. The average molecular weight is 234 g/mol. The number of aromatic nitrogens is 1. The Morgan fingerprint density at radius 2 is 2.47 bits per heavy atom. The Labute approximate surface area is 97.1 Å². The Hall–Kier alpha value is -2.20. The van der Waals surface area contributed by atoms with Crippen molar-refractivity contribution in [2.45, 2.75) is 12.5 Å². The highest BCUT2D eigenvalue weighted by Crippen LogP contribution is 2.24. The molecular weight excluding hydrogens is 224 g/mol. The maximum absolute atomic E-state index is 10.6. The molecule has 1 N–H and O–H groups in total. The van der Waals surface area contributed by atoms with E-state index in [9.17, 15) is 15.2 Å². The Morgan fingerprint density at radius 1 is 1.71 bits per heavy atom. The quantitative estimate of drug-likeness (QED) is 0.588. The van der Waals surface area contributed by atoms with E-state index in [1.54, 1.807) is 4.90 Å². The first-order valence-electron chi connectivity index (χ1n) is 5.09. The van der Waals surface area contributed by atoms with E-state index in [0.29, 0.717) is 25.3 Å². The molecule has 7 heteroatoms. The molecule has 0 aromatic carbocycles. The minimum absolute atomic E-state index is 0.160. The molecule has 88 valence electrons. The summed E-state index contributed by atoms with van der Waals surface area (Å²) in [6.45, 7) is 1.00. The van der Waals surface area contributed by atoms with E-state index < -0.39 is 11.0 Å². The Morgan fingerprint density at radius 3 is 3.00 bits per heavy atom. The standard InChI is InChI=1S/C10H10N4O3/c11-4-7-3-8(14(16)17)5-12-10(7)13-2-1-9(15)6-13/h3,5,9,15H,1-2,6H2. The molecule has 2 heterocycles. The first-order chi connectivity index (χ1) is 8.11. The summed E-state index contributed by atoms with van der Waals surface area (Å²) in [6, 6.07) is 3.09. The molecular formula is C10H10N4O3. The van der Waals surface area contributed by atoms with Gasteiger partial charge in [-0.3, -0.25) is 10.1 Å². The average Bonchev–Trinajstić information content (AvgIpc) is 2.74. The fourth-order valence-electron chi connectivity index (χ4n) is 1.81. The second-order valence-corrected chi connectivity index (χ2v) is 3.82. The van der Waals surface area contributed by atoms with Crippen molar-refractivity contribution >= 4 is 11.5 Å². The van der Waals surface area contributed by atoms with Gasteiger partial charge < -0.3 is 10.0 Å². The van der Waals surface area contributed by atoms with Gasteiger partial charge in [0.1, 0.15) is 23.6 Å². The summed E-state index contributed by atoms with van der Waals surface area (Å²) in [5.41, 5.74) is -0.0432. The highest BCUT2D eigenvalue weighted by molar-refractivity contribution is 5.57. The lowest BCUT2D eigenvalue weighted by Gasteiger charge is -2.17. The van der Waals surface area contributed by atoms with Crippen molar-refractivity contribution in [3.05, 3.63) is 27.9 Å². The van der Waals surface area contributed by atoms with Gasteiger partial charge in [-0.15, -0.1) is 0 Å². The highest BCUT2D eigenvalue weighted by atomic mass is 16.6. The number of aliphatic hydroxyl groups is 1. The molecule has 1 aromatic rings. The molecule has 0 radical (unpaired) electrons. The summed E-state index contributed by atoms with van der Waals surface area (Å²) in [4.78, 5) is 15.7. The van der Waals surface area contributed by atoms with Crippen molar-refractivity contribution in [1.29, 1.82) is 5.26 Å². The summed E-state index contributed by atoms with van der Waals surface area (Å²) in [5.74, 6) is 0.398. The van der Waals surface area contributed by atoms with Gasteiger partial charge in [0, 0.05) is 19.2 Å². The van der Waals surface area contributed by atoms with Gasteiger partial charge in [-0.2, -0.15) is 5.26 Å². The maximum atomic E-state index is 10.6. The van der Waals surface area contributed by atoms with Crippen LogP contribution in [0.5, 0.6) is 0 Å². The number of hydrogen-bond donors (Lipinski definition) is 1. The largest absolute Gasteiger partial charge is 0.391 e. The van der Waals surface area contributed by atoms with Gasteiger partial charge in [0.05, 0.1) is 11.0 Å². The van der Waals surface area contributed by atoms with Gasteiger partial charge in [-0.1, -0.05) is 0 Å². The van der Waals surface area contributed by atoms with E-state index in [2.05, 4.69) is 4.98 Å². The molecule has 2 rings (SSSR count). The summed E-state index contributed by atoms with van der Waals surface area (Å²) >= 11 is 0. The molecule has 7 nitrogen and oxygen atoms in total. The highest BCUT2D eigenvalue weighted by Gasteiger charge is 2.24. The molecule has 0 aliphatic carbocycles. The predicted octanol–water partition coefficient (Wildman–Crippen LogP) is 0.432. The van der Waals surface area contributed by atoms with Crippen LogP contribution in [0.1, 0.15) is 12.0 Å². The molecule has 0 amide bonds. The number of nitro groups is 1. The fraction of sp³-hybridized carbons (Fsp3) is 0.400. The Kier molecular flexibility index (Phi) is 2.89. The third-order valence-electron chi connectivity index (χ3n) is 2.65. The molecule has 1 unspecified atom stereocenters. The number of nitriles is 1. The van der Waals surface area contributed by atoms with Gasteiger partial charge in [0.25, 0.3) is 5.69 Å². The maximum Gasteiger partial charge on any atom is 0.289 e. The van der Waals surface area contributed by atoms with Crippen LogP contribution in [0.4, 0.5) is 11.5 Å². The number of nitrogens with zero attached hydrogens (tertiary/aromatic N) is 4. The zero-order chi connectivity index (χ0) is 12.4. The lowest BCUT2D eigenvalue weighted by molar-refractivity contribution is -0.385. The van der Waals surface area contributed by atoms with E-state index in [-0.39, 0.29) is 11.3 Å². The molecule has 0 bridgehead atoms. The monoisotopic (exact) mass is 234 g/mol. The van der Waals surface area contributed by atoms with Crippen LogP contribution < -0.4 is 4.90 Å². The van der Waals surface area contributed by atoms with Crippen LogP contribution in [0.2, 0.25) is 0 Å². The molecule has 0 spiro atoms. The molecule has 1 fully saturated rings. The van der Waals surface area contributed by atoms with Gasteiger partial charge in [0.2, 0.25) is 0 Å². The van der Waals surface area contributed by atoms with Crippen molar-refractivity contribution in [3.8, 4) is 6.07 Å². The lowest BCUT2D eigenvalue weighted by atomic mass is 10.2. The number of hydrogen-bond acceptors (Lipinski definition) is 6. The second kappa shape index (κ2) is 4.35. The Balaban J connectivity index is 2.35. The summed E-state index contributed by atoms with van der Waals surface area (Å²) in [5, 5.41) is 28.9. The molecule has 17 heavy (non-hydrogen) atoms. The topological polar surface area (TPSA) is 103 Å². The van der Waals surface area contributed by atoms with Crippen LogP contribution in [-0.4, -0.2) is 34.2 Å². The number of anilines is 1. The third kappa shape index (κ3) is 2.16. The number of β-amino-alcohol motifs (C(OH)–C–C–N with tert-alkyl or cyclic N) is 1. The zero-order valence-corrected chi connectivity index (χ0v) is 8.91. The van der Waals surface area contributed by atoms with Crippen LogP contribution in [0.15, 0.2) is 12.3 Å². The minimum Gasteiger partial charge on any atom is -0.391 e. The molecule has 1 aliphatic heterocycles. The smallest absolute Gasteiger partial charge is 0.289 e. The normalized spacial score (nSPS) is 19.1. The summed E-state index contributed by atoms with van der Waals surface area (Å²) in [6.07, 6.45) is 1.31. The first-order valence-corrected chi connectivity index (χ1v) is 5.09. The lowest BCUT2D eigenvalue weighted by Crippen LogP contribution is -2.23. The molecule has 1 saturated heterocycles.